The van der Waals surface area contributed by atoms with Crippen LogP contribution in [-0.2, 0) is 4.74 Å². The maximum atomic E-state index is 12.7. The van der Waals surface area contributed by atoms with Gasteiger partial charge in [-0.15, -0.1) is 0 Å². The number of ether oxygens (including phenoxy) is 1. The molecule has 142 valence electrons. The molecule has 1 heterocycles. The van der Waals surface area contributed by atoms with Crippen molar-refractivity contribution in [2.24, 2.45) is 5.92 Å². The summed E-state index contributed by atoms with van der Waals surface area (Å²) < 4.78 is 6.89. The molecule has 6 heteroatoms. The SMILES string of the molecule is CC(C)C(O)CO[C@H]1CC[C@H](NC(=O)c2cc(I)cc3cc[nH]c23)CC1. The largest absolute Gasteiger partial charge is 0.390 e. The van der Waals surface area contributed by atoms with E-state index in [0.717, 1.165) is 40.2 Å². The van der Waals surface area contributed by atoms with E-state index < -0.39 is 6.10 Å². The highest BCUT2D eigenvalue weighted by atomic mass is 127. The second-order valence-electron chi connectivity index (χ2n) is 7.49. The Kier molecular flexibility index (Phi) is 6.58. The van der Waals surface area contributed by atoms with Gasteiger partial charge in [-0.3, -0.25) is 4.79 Å². The molecule has 1 unspecified atom stereocenters. The van der Waals surface area contributed by atoms with Gasteiger partial charge in [-0.1, -0.05) is 13.8 Å². The number of hydrogen-bond donors (Lipinski definition) is 3. The van der Waals surface area contributed by atoms with Gasteiger partial charge in [0, 0.05) is 21.2 Å². The monoisotopic (exact) mass is 470 g/mol. The topological polar surface area (TPSA) is 74.3 Å². The number of fused-ring (bicyclic) bond motifs is 1. The Bertz CT molecular complexity index is 751. The van der Waals surface area contributed by atoms with Crippen LogP contribution in [0.5, 0.6) is 0 Å². The van der Waals surface area contributed by atoms with Crippen LogP contribution in [-0.4, -0.2) is 40.9 Å². The molecule has 3 N–H and O–H groups in total. The van der Waals surface area contributed by atoms with Crippen molar-refractivity contribution in [3.05, 3.63) is 33.5 Å². The quantitative estimate of drug-likeness (QED) is 0.562. The van der Waals surface area contributed by atoms with Crippen molar-refractivity contribution >= 4 is 39.4 Å². The molecule has 5 nitrogen and oxygen atoms in total. The zero-order valence-electron chi connectivity index (χ0n) is 15.3. The molecule has 1 fully saturated rings. The van der Waals surface area contributed by atoms with Crippen LogP contribution in [0.25, 0.3) is 10.9 Å². The van der Waals surface area contributed by atoms with E-state index >= 15 is 0 Å². The first-order valence-corrected chi connectivity index (χ1v) is 10.4. The predicted octanol–water partition coefficient (Wildman–Crippen LogP) is 3.85. The fraction of sp³-hybridized carbons (Fsp3) is 0.550. The number of carbonyl (C=O) groups is 1. The van der Waals surface area contributed by atoms with Crippen LogP contribution >= 0.6 is 22.6 Å². The molecule has 1 atom stereocenters. The molecular formula is C20H27IN2O3. The first-order valence-electron chi connectivity index (χ1n) is 9.31. The van der Waals surface area contributed by atoms with Gasteiger partial charge in [-0.05, 0) is 72.4 Å². The lowest BCUT2D eigenvalue weighted by atomic mass is 9.92. The smallest absolute Gasteiger partial charge is 0.253 e. The van der Waals surface area contributed by atoms with E-state index in [1.807, 2.05) is 32.2 Å². The molecule has 0 bridgehead atoms. The van der Waals surface area contributed by atoms with Crippen LogP contribution in [0.3, 0.4) is 0 Å². The van der Waals surface area contributed by atoms with Gasteiger partial charge in [0.25, 0.3) is 5.91 Å². The fourth-order valence-corrected chi connectivity index (χ4v) is 4.03. The van der Waals surface area contributed by atoms with E-state index in [-0.39, 0.29) is 24.0 Å². The number of aliphatic hydroxyl groups is 1. The van der Waals surface area contributed by atoms with Gasteiger partial charge >= 0.3 is 0 Å². The second-order valence-corrected chi connectivity index (χ2v) is 8.73. The summed E-state index contributed by atoms with van der Waals surface area (Å²) in [5.41, 5.74) is 1.60. The summed E-state index contributed by atoms with van der Waals surface area (Å²) in [6, 6.07) is 6.16. The number of aromatic amines is 1. The lowest BCUT2D eigenvalue weighted by Gasteiger charge is -2.30. The molecule has 0 spiro atoms. The number of benzene rings is 1. The lowest BCUT2D eigenvalue weighted by Crippen LogP contribution is -2.39. The Morgan fingerprint density at radius 1 is 1.35 bits per heavy atom. The number of halogens is 1. The number of nitrogens with one attached hydrogen (secondary N) is 2. The highest BCUT2D eigenvalue weighted by Gasteiger charge is 2.25. The molecular weight excluding hydrogens is 443 g/mol. The van der Waals surface area contributed by atoms with Crippen LogP contribution in [0.15, 0.2) is 24.4 Å². The summed E-state index contributed by atoms with van der Waals surface area (Å²) in [7, 11) is 0. The third kappa shape index (κ3) is 4.78. The van der Waals surface area contributed by atoms with Gasteiger partial charge in [0.2, 0.25) is 0 Å². The first kappa shape index (κ1) is 19.6. The fourth-order valence-electron chi connectivity index (χ4n) is 3.38. The van der Waals surface area contributed by atoms with Crippen molar-refractivity contribution in [3.8, 4) is 0 Å². The van der Waals surface area contributed by atoms with Gasteiger partial charge in [0.15, 0.2) is 0 Å². The Morgan fingerprint density at radius 3 is 2.77 bits per heavy atom. The second kappa shape index (κ2) is 8.71. The molecule has 1 saturated carbocycles. The minimum absolute atomic E-state index is 0.0180. The van der Waals surface area contributed by atoms with Crippen molar-refractivity contribution in [3.63, 3.8) is 0 Å². The Balaban J connectivity index is 1.53. The van der Waals surface area contributed by atoms with Gasteiger partial charge < -0.3 is 20.1 Å². The Hall–Kier alpha value is -1.12. The summed E-state index contributed by atoms with van der Waals surface area (Å²) >= 11 is 2.25. The standard InChI is InChI=1S/C20H27IN2O3/c1-12(2)18(24)11-26-16-5-3-15(4-6-16)23-20(25)17-10-14(21)9-13-7-8-22-19(13)17/h7-10,12,15-16,18,22,24H,3-6,11H2,1-2H3,(H,23,25)/t15-,16-,18?. The van der Waals surface area contributed by atoms with E-state index in [1.54, 1.807) is 0 Å². The molecule has 0 radical (unpaired) electrons. The van der Waals surface area contributed by atoms with Crippen molar-refractivity contribution in [1.82, 2.24) is 10.3 Å². The van der Waals surface area contributed by atoms with Crippen LogP contribution < -0.4 is 5.32 Å². The van der Waals surface area contributed by atoms with E-state index in [2.05, 4.69) is 39.0 Å². The van der Waals surface area contributed by atoms with E-state index in [9.17, 15) is 9.90 Å². The predicted molar refractivity (Wildman–Crippen MR) is 111 cm³/mol. The first-order chi connectivity index (χ1) is 12.4. The number of carbonyl (C=O) groups excluding carboxylic acids is 1. The molecule has 26 heavy (non-hydrogen) atoms. The zero-order chi connectivity index (χ0) is 18.7. The molecule has 0 aliphatic heterocycles. The lowest BCUT2D eigenvalue weighted by molar-refractivity contribution is -0.0399. The molecule has 1 amide bonds. The van der Waals surface area contributed by atoms with Gasteiger partial charge in [-0.25, -0.2) is 0 Å². The number of H-pyrrole nitrogens is 1. The molecule has 1 aliphatic rings. The van der Waals surface area contributed by atoms with Crippen molar-refractivity contribution in [2.75, 3.05) is 6.61 Å². The number of amides is 1. The van der Waals surface area contributed by atoms with Crippen molar-refractivity contribution < 1.29 is 14.6 Å². The maximum absolute atomic E-state index is 12.7. The average molecular weight is 470 g/mol. The third-order valence-corrected chi connectivity index (χ3v) is 5.77. The normalized spacial score (nSPS) is 21.9. The number of rotatable bonds is 6. The highest BCUT2D eigenvalue weighted by Crippen LogP contribution is 2.24. The number of aliphatic hydroxyl groups excluding tert-OH is 1. The van der Waals surface area contributed by atoms with Crippen molar-refractivity contribution in [1.29, 1.82) is 0 Å². The zero-order valence-corrected chi connectivity index (χ0v) is 17.5. The van der Waals surface area contributed by atoms with E-state index in [0.29, 0.717) is 12.2 Å². The van der Waals surface area contributed by atoms with Crippen LogP contribution in [0.1, 0.15) is 49.9 Å². The minimum Gasteiger partial charge on any atom is -0.390 e. The molecule has 1 aliphatic carbocycles. The van der Waals surface area contributed by atoms with Crippen LogP contribution in [0, 0.1) is 9.49 Å². The summed E-state index contributed by atoms with van der Waals surface area (Å²) in [6.07, 6.45) is 5.30. The van der Waals surface area contributed by atoms with Crippen LogP contribution in [0.4, 0.5) is 0 Å². The van der Waals surface area contributed by atoms with E-state index in [4.69, 9.17) is 4.74 Å². The number of hydrogen-bond acceptors (Lipinski definition) is 3. The Labute approximate surface area is 168 Å². The van der Waals surface area contributed by atoms with Gasteiger partial charge in [0.1, 0.15) is 0 Å². The maximum Gasteiger partial charge on any atom is 0.253 e. The van der Waals surface area contributed by atoms with E-state index in [1.165, 1.54) is 0 Å². The highest BCUT2D eigenvalue weighted by molar-refractivity contribution is 14.1. The minimum atomic E-state index is -0.406. The molecule has 3 rings (SSSR count). The molecule has 1 aromatic heterocycles. The number of aromatic nitrogens is 1. The van der Waals surface area contributed by atoms with Crippen LogP contribution in [0.2, 0.25) is 0 Å². The Morgan fingerprint density at radius 2 is 2.08 bits per heavy atom. The molecule has 2 aromatic rings. The average Bonchev–Trinajstić information content (AvgIpc) is 3.08. The molecule has 0 saturated heterocycles. The van der Waals surface area contributed by atoms with Gasteiger partial charge in [0.05, 0.1) is 29.9 Å². The van der Waals surface area contributed by atoms with Crippen molar-refractivity contribution in [2.45, 2.75) is 57.8 Å². The summed E-state index contributed by atoms with van der Waals surface area (Å²) in [6.45, 7) is 4.38. The third-order valence-electron chi connectivity index (χ3n) is 5.15. The molecule has 1 aromatic carbocycles. The van der Waals surface area contributed by atoms with Gasteiger partial charge in [-0.2, -0.15) is 0 Å². The summed E-state index contributed by atoms with van der Waals surface area (Å²) in [5, 5.41) is 14.1. The summed E-state index contributed by atoms with van der Waals surface area (Å²) in [5.74, 6) is 0.194. The summed E-state index contributed by atoms with van der Waals surface area (Å²) in [4.78, 5) is 15.9.